The van der Waals surface area contributed by atoms with Gasteiger partial charge in [-0.2, -0.15) is 0 Å². The summed E-state index contributed by atoms with van der Waals surface area (Å²) in [5.74, 6) is -0.959. The molecule has 1 unspecified atom stereocenters. The summed E-state index contributed by atoms with van der Waals surface area (Å²) < 4.78 is 0. The molecule has 0 aromatic carbocycles. The van der Waals surface area contributed by atoms with Gasteiger partial charge in [0.25, 0.3) is 0 Å². The zero-order valence-electron chi connectivity index (χ0n) is 11.6. The molecule has 0 aromatic heterocycles. The van der Waals surface area contributed by atoms with Gasteiger partial charge in [0.15, 0.2) is 0 Å². The number of nitrogens with zero attached hydrogens (tertiary/aromatic N) is 1. The van der Waals surface area contributed by atoms with Crippen LogP contribution in [0.4, 0.5) is 0 Å². The summed E-state index contributed by atoms with van der Waals surface area (Å²) in [6, 6.07) is 0. The zero-order chi connectivity index (χ0) is 14.4. The predicted octanol–water partition coefficient (Wildman–Crippen LogP) is -0.0839. The highest BCUT2D eigenvalue weighted by Gasteiger charge is 2.26. The van der Waals surface area contributed by atoms with Crippen molar-refractivity contribution < 1.29 is 19.8 Å². The van der Waals surface area contributed by atoms with Crippen LogP contribution >= 0.6 is 0 Å². The van der Waals surface area contributed by atoms with Gasteiger partial charge in [-0.1, -0.05) is 13.8 Å². The van der Waals surface area contributed by atoms with Crippen LogP contribution in [0, 0.1) is 11.8 Å². The van der Waals surface area contributed by atoms with E-state index in [1.165, 1.54) is 0 Å². The van der Waals surface area contributed by atoms with Crippen LogP contribution in [0.5, 0.6) is 0 Å². The van der Waals surface area contributed by atoms with E-state index in [4.69, 9.17) is 5.11 Å². The Labute approximate surface area is 113 Å². The standard InChI is InChI=1S/C13H24N2O4/c1-9(2)11(16)7-14-8-12(17)15-5-3-10(4-6-15)13(18)19/h9-11,14,16H,3-8H2,1-2H3,(H,18,19). The van der Waals surface area contributed by atoms with E-state index in [-0.39, 0.29) is 24.3 Å². The average Bonchev–Trinajstić information content (AvgIpc) is 2.38. The van der Waals surface area contributed by atoms with Crippen LogP contribution in [0.2, 0.25) is 0 Å². The summed E-state index contributed by atoms with van der Waals surface area (Å²) in [4.78, 5) is 24.3. The number of aliphatic carboxylic acids is 1. The molecule has 0 aromatic rings. The van der Waals surface area contributed by atoms with Gasteiger partial charge in [-0.25, -0.2) is 0 Å². The maximum absolute atomic E-state index is 11.9. The Bertz CT molecular complexity index is 312. The lowest BCUT2D eigenvalue weighted by Crippen LogP contribution is -2.45. The second-order valence-electron chi connectivity index (χ2n) is 5.44. The first-order valence-corrected chi connectivity index (χ1v) is 6.81. The molecule has 1 aliphatic rings. The fraction of sp³-hybridized carbons (Fsp3) is 0.846. The van der Waals surface area contributed by atoms with Crippen LogP contribution in [-0.4, -0.2) is 59.3 Å². The fourth-order valence-corrected chi connectivity index (χ4v) is 2.05. The Morgan fingerprint density at radius 3 is 2.37 bits per heavy atom. The van der Waals surface area contributed by atoms with Crippen LogP contribution in [0.1, 0.15) is 26.7 Å². The smallest absolute Gasteiger partial charge is 0.306 e. The van der Waals surface area contributed by atoms with E-state index >= 15 is 0 Å². The lowest BCUT2D eigenvalue weighted by molar-refractivity contribution is -0.145. The van der Waals surface area contributed by atoms with Gasteiger partial charge in [0.2, 0.25) is 5.91 Å². The molecule has 1 amide bonds. The van der Waals surface area contributed by atoms with Crippen molar-refractivity contribution >= 4 is 11.9 Å². The van der Waals surface area contributed by atoms with Gasteiger partial charge in [0, 0.05) is 19.6 Å². The number of aliphatic hydroxyl groups is 1. The number of carbonyl (C=O) groups is 2. The van der Waals surface area contributed by atoms with E-state index in [0.29, 0.717) is 32.5 Å². The molecular weight excluding hydrogens is 248 g/mol. The third-order valence-electron chi connectivity index (χ3n) is 3.60. The lowest BCUT2D eigenvalue weighted by Gasteiger charge is -2.30. The van der Waals surface area contributed by atoms with Crippen LogP contribution in [0.25, 0.3) is 0 Å². The van der Waals surface area contributed by atoms with Crippen LogP contribution < -0.4 is 5.32 Å². The number of rotatable bonds is 6. The molecule has 110 valence electrons. The molecule has 0 aliphatic carbocycles. The molecule has 1 saturated heterocycles. The first-order chi connectivity index (χ1) is 8.91. The summed E-state index contributed by atoms with van der Waals surface area (Å²) in [7, 11) is 0. The molecule has 6 heteroatoms. The summed E-state index contributed by atoms with van der Waals surface area (Å²) in [6.45, 7) is 5.45. The largest absolute Gasteiger partial charge is 0.481 e. The van der Waals surface area contributed by atoms with Crippen molar-refractivity contribution in [3.05, 3.63) is 0 Å². The Hall–Kier alpha value is -1.14. The lowest BCUT2D eigenvalue weighted by atomic mass is 9.97. The van der Waals surface area contributed by atoms with Crippen molar-refractivity contribution in [3.8, 4) is 0 Å². The third kappa shape index (κ3) is 5.16. The van der Waals surface area contributed by atoms with Crippen molar-refractivity contribution in [1.29, 1.82) is 0 Å². The molecule has 1 rings (SSSR count). The topological polar surface area (TPSA) is 89.9 Å². The van der Waals surface area contributed by atoms with Crippen LogP contribution in [0.15, 0.2) is 0 Å². The number of hydrogen-bond donors (Lipinski definition) is 3. The summed E-state index contributed by atoms with van der Waals surface area (Å²) in [5.41, 5.74) is 0. The molecule has 0 bridgehead atoms. The summed E-state index contributed by atoms with van der Waals surface area (Å²) in [5, 5.41) is 21.4. The Morgan fingerprint density at radius 1 is 1.32 bits per heavy atom. The number of piperidine rings is 1. The van der Waals surface area contributed by atoms with Crippen molar-refractivity contribution in [3.63, 3.8) is 0 Å². The van der Waals surface area contributed by atoms with Crippen molar-refractivity contribution in [2.45, 2.75) is 32.8 Å². The van der Waals surface area contributed by atoms with Gasteiger partial charge >= 0.3 is 5.97 Å². The minimum atomic E-state index is -0.773. The van der Waals surface area contributed by atoms with Crippen LogP contribution in [-0.2, 0) is 9.59 Å². The van der Waals surface area contributed by atoms with E-state index in [1.54, 1.807) is 4.90 Å². The van der Waals surface area contributed by atoms with Gasteiger partial charge in [-0.15, -0.1) is 0 Å². The number of nitrogens with one attached hydrogen (secondary N) is 1. The van der Waals surface area contributed by atoms with Gasteiger partial charge in [0.05, 0.1) is 18.6 Å². The van der Waals surface area contributed by atoms with E-state index in [0.717, 1.165) is 0 Å². The zero-order valence-corrected chi connectivity index (χ0v) is 11.6. The fourth-order valence-electron chi connectivity index (χ4n) is 2.05. The first kappa shape index (κ1) is 15.9. The van der Waals surface area contributed by atoms with Crippen molar-refractivity contribution in [2.75, 3.05) is 26.2 Å². The highest BCUT2D eigenvalue weighted by Crippen LogP contribution is 2.17. The van der Waals surface area contributed by atoms with Gasteiger partial charge < -0.3 is 20.4 Å². The molecule has 0 radical (unpaired) electrons. The molecular formula is C13H24N2O4. The molecule has 1 heterocycles. The average molecular weight is 272 g/mol. The number of amides is 1. The number of aliphatic hydroxyl groups excluding tert-OH is 1. The summed E-state index contributed by atoms with van der Waals surface area (Å²) in [6.07, 6.45) is 0.594. The highest BCUT2D eigenvalue weighted by atomic mass is 16.4. The Balaban J connectivity index is 2.23. The highest BCUT2D eigenvalue weighted by molar-refractivity contribution is 5.78. The minimum absolute atomic E-state index is 0.0280. The second-order valence-corrected chi connectivity index (χ2v) is 5.44. The van der Waals surface area contributed by atoms with E-state index < -0.39 is 12.1 Å². The number of carboxylic acid groups (broad SMARTS) is 1. The van der Waals surface area contributed by atoms with E-state index in [1.807, 2.05) is 13.8 Å². The Morgan fingerprint density at radius 2 is 1.89 bits per heavy atom. The molecule has 6 nitrogen and oxygen atoms in total. The molecule has 0 saturated carbocycles. The molecule has 1 fully saturated rings. The van der Waals surface area contributed by atoms with Gasteiger partial charge in [0.1, 0.15) is 0 Å². The number of carbonyl (C=O) groups excluding carboxylic acids is 1. The minimum Gasteiger partial charge on any atom is -0.481 e. The number of carboxylic acids is 1. The molecule has 1 aliphatic heterocycles. The van der Waals surface area contributed by atoms with E-state index in [2.05, 4.69) is 5.32 Å². The van der Waals surface area contributed by atoms with Crippen LogP contribution in [0.3, 0.4) is 0 Å². The Kier molecular flexibility index (Phi) is 6.24. The SMILES string of the molecule is CC(C)C(O)CNCC(=O)N1CCC(C(=O)O)CC1. The first-order valence-electron chi connectivity index (χ1n) is 6.81. The maximum atomic E-state index is 11.9. The molecule has 19 heavy (non-hydrogen) atoms. The maximum Gasteiger partial charge on any atom is 0.306 e. The molecule has 0 spiro atoms. The van der Waals surface area contributed by atoms with Crippen molar-refractivity contribution in [2.24, 2.45) is 11.8 Å². The monoisotopic (exact) mass is 272 g/mol. The normalized spacial score (nSPS) is 18.6. The number of hydrogen-bond acceptors (Lipinski definition) is 4. The van der Waals surface area contributed by atoms with E-state index in [9.17, 15) is 14.7 Å². The van der Waals surface area contributed by atoms with Gasteiger partial charge in [-0.3, -0.25) is 9.59 Å². The molecule has 3 N–H and O–H groups in total. The second kappa shape index (κ2) is 7.45. The summed E-state index contributed by atoms with van der Waals surface area (Å²) >= 11 is 0. The van der Waals surface area contributed by atoms with Gasteiger partial charge in [-0.05, 0) is 18.8 Å². The van der Waals surface area contributed by atoms with Crippen molar-refractivity contribution in [1.82, 2.24) is 10.2 Å². The number of likely N-dealkylation sites (tertiary alicyclic amines) is 1. The third-order valence-corrected chi connectivity index (χ3v) is 3.60. The quantitative estimate of drug-likeness (QED) is 0.629. The predicted molar refractivity (Wildman–Crippen MR) is 70.7 cm³/mol. The molecule has 1 atom stereocenters.